The summed E-state index contributed by atoms with van der Waals surface area (Å²) in [6, 6.07) is -1.95. The van der Waals surface area contributed by atoms with Gasteiger partial charge in [-0.3, -0.25) is 0 Å². The fraction of sp³-hybridized carbons (Fsp3) is 0.783. The second-order valence-corrected chi connectivity index (χ2v) is 10.7. The molecule has 2 aromatic heterocycles. The zero-order valence-corrected chi connectivity index (χ0v) is 20.1. The summed E-state index contributed by atoms with van der Waals surface area (Å²) in [7, 11) is 0. The molecule has 0 spiro atoms. The number of aromatic nitrogens is 4. The fourth-order valence-electron chi connectivity index (χ4n) is 4.99. The van der Waals surface area contributed by atoms with Gasteiger partial charge in [0.1, 0.15) is 12.2 Å². The van der Waals surface area contributed by atoms with E-state index in [2.05, 4.69) is 25.6 Å². The molecule has 3 aliphatic rings. The molecule has 1 aliphatic heterocycles. The first-order valence-electron chi connectivity index (χ1n) is 12.3. The minimum absolute atomic E-state index is 0.0194. The highest BCUT2D eigenvalue weighted by Gasteiger charge is 2.51. The summed E-state index contributed by atoms with van der Waals surface area (Å²) in [5.74, 6) is -2.72. The van der Waals surface area contributed by atoms with E-state index < -0.39 is 35.5 Å². The minimum atomic E-state index is -3.08. The number of piperidine rings is 1. The highest BCUT2D eigenvalue weighted by atomic mass is 19.3. The van der Waals surface area contributed by atoms with Crippen molar-refractivity contribution in [3.05, 3.63) is 23.4 Å². The average Bonchev–Trinajstić information content (AvgIpc) is 3.22. The predicted octanol–water partition coefficient (Wildman–Crippen LogP) is 4.44. The molecule has 1 N–H and O–H groups in total. The van der Waals surface area contributed by atoms with Gasteiger partial charge in [-0.1, -0.05) is 31.1 Å². The van der Waals surface area contributed by atoms with Gasteiger partial charge in [0.05, 0.1) is 5.92 Å². The van der Waals surface area contributed by atoms with Crippen molar-refractivity contribution in [2.24, 2.45) is 0 Å². The Bertz CT molecular complexity index is 1060. The third kappa shape index (κ3) is 4.63. The Morgan fingerprint density at radius 1 is 1.11 bits per heavy atom. The van der Waals surface area contributed by atoms with Crippen molar-refractivity contribution in [3.63, 3.8) is 0 Å². The van der Waals surface area contributed by atoms with Crippen LogP contribution in [-0.2, 0) is 5.41 Å². The maximum absolute atomic E-state index is 15.0. The number of rotatable bonds is 5. The standard InChI is InChI=1S/C23H31F3N6O3/c1-12(2)18-28-17(30-34-18)13-5-4-6-23(25,26)16(13)27-21(33)32-9-7-22(3,8-10-32)20-29-19(35-31-20)14-11-15(14)24/h12-16H,4-11H2,1-3H3,(H,27,33)/t13-,14+,15-,16+/m0/s1. The lowest BCUT2D eigenvalue weighted by atomic mass is 9.79. The molecular formula is C23H31F3N6O3. The molecule has 2 aromatic rings. The van der Waals surface area contributed by atoms with Gasteiger partial charge in [-0.25, -0.2) is 18.0 Å². The quantitative estimate of drug-likeness (QED) is 0.652. The monoisotopic (exact) mass is 496 g/mol. The zero-order valence-electron chi connectivity index (χ0n) is 20.1. The molecule has 12 heteroatoms. The lowest BCUT2D eigenvalue weighted by Crippen LogP contribution is -2.58. The molecule has 5 rings (SSSR count). The Balaban J connectivity index is 1.24. The molecule has 4 atom stereocenters. The largest absolute Gasteiger partial charge is 0.339 e. The summed E-state index contributed by atoms with van der Waals surface area (Å²) in [6.45, 7) is 6.45. The first-order chi connectivity index (χ1) is 16.6. The van der Waals surface area contributed by atoms with Crippen LogP contribution in [0.2, 0.25) is 0 Å². The van der Waals surface area contributed by atoms with Crippen LogP contribution >= 0.6 is 0 Å². The van der Waals surface area contributed by atoms with E-state index in [1.54, 1.807) is 4.90 Å². The molecule has 3 fully saturated rings. The van der Waals surface area contributed by atoms with Crippen LogP contribution in [-0.4, -0.2) is 62.4 Å². The summed E-state index contributed by atoms with van der Waals surface area (Å²) in [4.78, 5) is 23.3. The van der Waals surface area contributed by atoms with Crippen LogP contribution < -0.4 is 5.32 Å². The van der Waals surface area contributed by atoms with E-state index in [4.69, 9.17) is 9.05 Å². The predicted molar refractivity (Wildman–Crippen MR) is 117 cm³/mol. The molecule has 0 radical (unpaired) electrons. The van der Waals surface area contributed by atoms with Gasteiger partial charge in [0.25, 0.3) is 5.92 Å². The van der Waals surface area contributed by atoms with E-state index in [1.165, 1.54) is 0 Å². The Morgan fingerprint density at radius 3 is 2.46 bits per heavy atom. The van der Waals surface area contributed by atoms with Gasteiger partial charge < -0.3 is 19.3 Å². The molecular weight excluding hydrogens is 465 g/mol. The Labute approximate surface area is 201 Å². The van der Waals surface area contributed by atoms with E-state index >= 15 is 0 Å². The summed E-state index contributed by atoms with van der Waals surface area (Å²) in [6.07, 6.45) is 1.01. The van der Waals surface area contributed by atoms with Crippen molar-refractivity contribution in [3.8, 4) is 0 Å². The number of carbonyl (C=O) groups excluding carboxylic acids is 1. The maximum Gasteiger partial charge on any atom is 0.317 e. The van der Waals surface area contributed by atoms with Crippen LogP contribution in [0.15, 0.2) is 9.05 Å². The van der Waals surface area contributed by atoms with Crippen molar-refractivity contribution >= 4 is 6.03 Å². The molecule has 0 aromatic carbocycles. The van der Waals surface area contributed by atoms with Gasteiger partial charge in [-0.2, -0.15) is 9.97 Å². The summed E-state index contributed by atoms with van der Waals surface area (Å²) in [5, 5.41) is 10.6. The number of halogens is 3. The molecule has 0 bridgehead atoms. The number of hydrogen-bond acceptors (Lipinski definition) is 7. The maximum atomic E-state index is 15.0. The van der Waals surface area contributed by atoms with Gasteiger partial charge >= 0.3 is 6.03 Å². The average molecular weight is 497 g/mol. The molecule has 2 aliphatic carbocycles. The number of nitrogens with zero attached hydrogens (tertiary/aromatic N) is 5. The third-order valence-electron chi connectivity index (χ3n) is 7.61. The van der Waals surface area contributed by atoms with Gasteiger partial charge in [-0.15, -0.1) is 0 Å². The van der Waals surface area contributed by atoms with Crippen LogP contribution in [0.25, 0.3) is 0 Å². The molecule has 3 heterocycles. The lowest BCUT2D eigenvalue weighted by Gasteiger charge is -2.41. The summed E-state index contributed by atoms with van der Waals surface area (Å²) >= 11 is 0. The van der Waals surface area contributed by atoms with Crippen LogP contribution in [0.3, 0.4) is 0 Å². The van der Waals surface area contributed by atoms with E-state index in [-0.39, 0.29) is 24.1 Å². The fourth-order valence-corrected chi connectivity index (χ4v) is 4.99. The lowest BCUT2D eigenvalue weighted by molar-refractivity contribution is -0.0701. The zero-order chi connectivity index (χ0) is 25.0. The highest BCUT2D eigenvalue weighted by molar-refractivity contribution is 5.75. The van der Waals surface area contributed by atoms with E-state index in [9.17, 15) is 18.0 Å². The van der Waals surface area contributed by atoms with Crippen molar-refractivity contribution in [1.29, 1.82) is 0 Å². The Morgan fingerprint density at radius 2 is 1.83 bits per heavy atom. The van der Waals surface area contributed by atoms with Crippen molar-refractivity contribution in [2.45, 2.75) is 101 Å². The number of urea groups is 1. The topological polar surface area (TPSA) is 110 Å². The van der Waals surface area contributed by atoms with Crippen LogP contribution in [0.1, 0.15) is 100 Å². The minimum Gasteiger partial charge on any atom is -0.339 e. The molecule has 9 nitrogen and oxygen atoms in total. The van der Waals surface area contributed by atoms with Gasteiger partial charge in [-0.05, 0) is 32.1 Å². The highest BCUT2D eigenvalue weighted by Crippen LogP contribution is 2.44. The molecule has 35 heavy (non-hydrogen) atoms. The van der Waals surface area contributed by atoms with Gasteiger partial charge in [0.15, 0.2) is 11.6 Å². The van der Waals surface area contributed by atoms with E-state index in [1.807, 2.05) is 20.8 Å². The van der Waals surface area contributed by atoms with Crippen molar-refractivity contribution in [2.75, 3.05) is 13.1 Å². The van der Waals surface area contributed by atoms with Crippen molar-refractivity contribution in [1.82, 2.24) is 30.5 Å². The number of likely N-dealkylation sites (tertiary alicyclic amines) is 1. The van der Waals surface area contributed by atoms with E-state index in [0.717, 1.165) is 0 Å². The number of nitrogens with one attached hydrogen (secondary N) is 1. The SMILES string of the molecule is CC(C)c1nc([C@H]2CCCC(F)(F)[C@@H]2NC(=O)N2CCC(C)(c3noc([C@@H]4C[C@@H]4F)n3)CC2)no1. The van der Waals surface area contributed by atoms with Gasteiger partial charge in [0, 0.05) is 36.8 Å². The second kappa shape index (κ2) is 8.77. The van der Waals surface area contributed by atoms with Crippen LogP contribution in [0.4, 0.5) is 18.0 Å². The van der Waals surface area contributed by atoms with E-state index in [0.29, 0.717) is 62.8 Å². The number of alkyl halides is 3. The number of amides is 2. The second-order valence-electron chi connectivity index (χ2n) is 10.7. The van der Waals surface area contributed by atoms with Gasteiger partial charge in [0.2, 0.25) is 11.8 Å². The summed E-state index contributed by atoms with van der Waals surface area (Å²) in [5.41, 5.74) is -0.436. The first-order valence-corrected chi connectivity index (χ1v) is 12.3. The Kier molecular flexibility index (Phi) is 6.03. The smallest absolute Gasteiger partial charge is 0.317 e. The first kappa shape index (κ1) is 24.1. The molecule has 2 saturated carbocycles. The molecule has 0 unspecified atom stereocenters. The van der Waals surface area contributed by atoms with Crippen LogP contribution in [0, 0.1) is 0 Å². The number of hydrogen-bond donors (Lipinski definition) is 1. The van der Waals surface area contributed by atoms with Crippen LogP contribution in [0.5, 0.6) is 0 Å². The molecule has 192 valence electrons. The normalized spacial score (nSPS) is 29.9. The summed E-state index contributed by atoms with van der Waals surface area (Å²) < 4.78 is 53.7. The third-order valence-corrected chi connectivity index (χ3v) is 7.61. The molecule has 1 saturated heterocycles. The Hall–Kier alpha value is -2.66. The number of carbonyl (C=O) groups is 1. The van der Waals surface area contributed by atoms with Crippen molar-refractivity contribution < 1.29 is 27.0 Å². The molecule has 2 amide bonds.